The van der Waals surface area contributed by atoms with Gasteiger partial charge >= 0.3 is 11.0 Å². The van der Waals surface area contributed by atoms with Crippen molar-refractivity contribution in [2.75, 3.05) is 17.3 Å². The van der Waals surface area contributed by atoms with Gasteiger partial charge in [-0.05, 0) is 48.0 Å². The Bertz CT molecular complexity index is 1790. The Balaban J connectivity index is 1.38. The molecule has 8 nitrogen and oxygen atoms in total. The smallest absolute Gasteiger partial charge is 0.416 e. The molecule has 3 amide bonds. The van der Waals surface area contributed by atoms with E-state index < -0.39 is 51.4 Å². The van der Waals surface area contributed by atoms with Crippen molar-refractivity contribution in [1.82, 2.24) is 4.57 Å². The number of hydrogen-bond acceptors (Lipinski definition) is 7. The van der Waals surface area contributed by atoms with Gasteiger partial charge in [-0.25, -0.2) is 4.90 Å². The lowest BCUT2D eigenvalue weighted by Crippen LogP contribution is -2.33. The highest BCUT2D eigenvalue weighted by Gasteiger charge is 2.57. The second kappa shape index (κ2) is 11.0. The van der Waals surface area contributed by atoms with Gasteiger partial charge in [0.25, 0.3) is 0 Å². The van der Waals surface area contributed by atoms with Crippen LogP contribution in [0.15, 0.2) is 88.7 Å². The molecule has 2 aliphatic heterocycles. The largest absolute Gasteiger partial charge is 0.497 e. The lowest BCUT2D eigenvalue weighted by molar-refractivity contribution is -0.137. The van der Waals surface area contributed by atoms with Crippen molar-refractivity contribution in [1.29, 1.82) is 0 Å². The van der Waals surface area contributed by atoms with E-state index in [-0.39, 0.29) is 12.2 Å². The van der Waals surface area contributed by atoms with Crippen LogP contribution >= 0.6 is 23.1 Å². The summed E-state index contributed by atoms with van der Waals surface area (Å²) in [6.07, 6.45) is -4.66. The highest BCUT2D eigenvalue weighted by molar-refractivity contribution is 8.00. The fraction of sp³-hybridized carbons (Fsp3) is 0.200. The molecule has 0 radical (unpaired) electrons. The van der Waals surface area contributed by atoms with E-state index in [2.05, 4.69) is 5.32 Å². The molecule has 43 heavy (non-hydrogen) atoms. The molecule has 1 saturated heterocycles. The molecule has 2 aliphatic rings. The number of carbonyl (C=O) groups is 3. The van der Waals surface area contributed by atoms with Crippen LogP contribution in [0.5, 0.6) is 5.75 Å². The lowest BCUT2D eigenvalue weighted by atomic mass is 9.83. The second-order valence-corrected chi connectivity index (χ2v) is 12.0. The predicted octanol–water partition coefficient (Wildman–Crippen LogP) is 5.37. The monoisotopic (exact) mass is 625 g/mol. The predicted molar refractivity (Wildman–Crippen MR) is 156 cm³/mol. The molecule has 0 aliphatic carbocycles. The fourth-order valence-electron chi connectivity index (χ4n) is 5.37. The summed E-state index contributed by atoms with van der Waals surface area (Å²) in [6, 6.07) is 19.6. The molecule has 0 bridgehead atoms. The molecular weight excluding hydrogens is 603 g/mol. The second-order valence-electron chi connectivity index (χ2n) is 9.91. The Labute approximate surface area is 251 Å². The maximum atomic E-state index is 13.9. The number of methoxy groups -OCH3 is 1. The first-order valence-corrected chi connectivity index (χ1v) is 14.7. The summed E-state index contributed by atoms with van der Waals surface area (Å²) in [5, 5.41) is 2.09. The average Bonchev–Trinajstić information content (AvgIpc) is 3.43. The van der Waals surface area contributed by atoms with Crippen molar-refractivity contribution in [2.24, 2.45) is 5.92 Å². The maximum absolute atomic E-state index is 13.9. The summed E-state index contributed by atoms with van der Waals surface area (Å²) in [5.41, 5.74) is 0.00287. The molecule has 3 aromatic carbocycles. The van der Waals surface area contributed by atoms with Crippen molar-refractivity contribution in [3.63, 3.8) is 0 Å². The van der Waals surface area contributed by atoms with Crippen molar-refractivity contribution >= 4 is 52.2 Å². The van der Waals surface area contributed by atoms with Crippen LogP contribution in [0.25, 0.3) is 0 Å². The van der Waals surface area contributed by atoms with E-state index in [0.717, 1.165) is 46.2 Å². The lowest BCUT2D eigenvalue weighted by Gasteiger charge is -2.30. The van der Waals surface area contributed by atoms with Crippen molar-refractivity contribution in [3.05, 3.63) is 105 Å². The van der Waals surface area contributed by atoms with E-state index in [1.54, 1.807) is 54.6 Å². The third-order valence-corrected chi connectivity index (χ3v) is 9.92. The number of amides is 3. The van der Waals surface area contributed by atoms with Crippen LogP contribution in [0.3, 0.4) is 0 Å². The van der Waals surface area contributed by atoms with Crippen LogP contribution in [-0.4, -0.2) is 34.6 Å². The minimum Gasteiger partial charge on any atom is -0.497 e. The van der Waals surface area contributed by atoms with E-state index in [1.807, 2.05) is 0 Å². The minimum absolute atomic E-state index is 0.175. The van der Waals surface area contributed by atoms with E-state index in [0.29, 0.717) is 26.9 Å². The summed E-state index contributed by atoms with van der Waals surface area (Å²) in [4.78, 5) is 54.8. The van der Waals surface area contributed by atoms with Gasteiger partial charge in [0.15, 0.2) is 0 Å². The number of aromatic nitrogens is 1. The fourth-order valence-corrected chi connectivity index (χ4v) is 8.14. The summed E-state index contributed by atoms with van der Waals surface area (Å²) >= 11 is 1.88. The molecule has 0 saturated carbocycles. The average molecular weight is 626 g/mol. The number of carbonyl (C=O) groups excluding carboxylic acids is 3. The topological polar surface area (TPSA) is 97.7 Å². The van der Waals surface area contributed by atoms with Crippen LogP contribution in [-0.2, 0) is 27.1 Å². The molecule has 3 heterocycles. The zero-order valence-corrected chi connectivity index (χ0v) is 24.0. The molecular formula is C30H22F3N3O5S2. The molecule has 3 atom stereocenters. The zero-order chi connectivity index (χ0) is 30.5. The Hall–Kier alpha value is -4.36. The van der Waals surface area contributed by atoms with Gasteiger partial charge < -0.3 is 10.1 Å². The molecule has 220 valence electrons. The van der Waals surface area contributed by atoms with E-state index in [9.17, 15) is 32.3 Å². The van der Waals surface area contributed by atoms with E-state index in [1.165, 1.54) is 17.7 Å². The van der Waals surface area contributed by atoms with Crippen LogP contribution in [0, 0.1) is 5.92 Å². The van der Waals surface area contributed by atoms with Gasteiger partial charge in [0.1, 0.15) is 17.5 Å². The minimum atomic E-state index is -4.66. The summed E-state index contributed by atoms with van der Waals surface area (Å²) in [7, 11) is 1.52. The van der Waals surface area contributed by atoms with Crippen molar-refractivity contribution in [3.8, 4) is 5.75 Å². The van der Waals surface area contributed by atoms with Gasteiger partial charge in [-0.1, -0.05) is 59.5 Å². The Morgan fingerprint density at radius 3 is 2.35 bits per heavy atom. The quantitative estimate of drug-likeness (QED) is 0.290. The molecule has 1 N–H and O–H groups in total. The van der Waals surface area contributed by atoms with Gasteiger partial charge in [0.2, 0.25) is 17.7 Å². The number of alkyl halides is 3. The Morgan fingerprint density at radius 1 is 0.953 bits per heavy atom. The van der Waals surface area contributed by atoms with Crippen LogP contribution < -0.4 is 19.8 Å². The van der Waals surface area contributed by atoms with Crippen LogP contribution in [0.2, 0.25) is 0 Å². The zero-order valence-electron chi connectivity index (χ0n) is 22.3. The molecule has 13 heteroatoms. The third-order valence-electron chi connectivity index (χ3n) is 7.32. The highest BCUT2D eigenvalue weighted by atomic mass is 32.2. The summed E-state index contributed by atoms with van der Waals surface area (Å²) in [6.45, 7) is -0.345. The number of nitrogens with one attached hydrogen (secondary N) is 1. The number of thioether (sulfide) groups is 1. The first-order chi connectivity index (χ1) is 20.6. The molecule has 4 aromatic rings. The van der Waals surface area contributed by atoms with Crippen LogP contribution in [0.4, 0.5) is 24.5 Å². The normalized spacial score (nSPS) is 19.6. The number of nitrogens with zero attached hydrogens (tertiary/aromatic N) is 2. The third kappa shape index (κ3) is 5.23. The first kappa shape index (κ1) is 28.7. The van der Waals surface area contributed by atoms with Crippen LogP contribution in [0.1, 0.15) is 21.9 Å². The number of fused-ring (bicyclic) bond motifs is 2. The number of rotatable bonds is 6. The molecule has 1 aromatic heterocycles. The summed E-state index contributed by atoms with van der Waals surface area (Å²) in [5.74, 6) is -2.90. The molecule has 6 rings (SSSR count). The Kier molecular flexibility index (Phi) is 7.38. The van der Waals surface area contributed by atoms with Gasteiger partial charge in [-0.3, -0.25) is 23.7 Å². The summed E-state index contributed by atoms with van der Waals surface area (Å²) < 4.78 is 46.8. The van der Waals surface area contributed by atoms with Crippen molar-refractivity contribution in [2.45, 2.75) is 28.9 Å². The van der Waals surface area contributed by atoms with Gasteiger partial charge in [-0.15, -0.1) is 0 Å². The van der Waals surface area contributed by atoms with Gasteiger partial charge in [0.05, 0.1) is 29.3 Å². The maximum Gasteiger partial charge on any atom is 0.416 e. The standard InChI is InChI=1S/C30H22F3N3O5S2/c1-41-20-12-10-18(11-13-20)34-21(37)15-35-28-25(43-29(35)40)22(16-6-3-2-4-7-16)23-24(42-28)27(39)36(26(23)38)19-9-5-8-17(14-19)30(31,32)33/h2-14,22-24H,15H2,1H3,(H,34,37)/t22-,23?,24?/m1/s1. The highest BCUT2D eigenvalue weighted by Crippen LogP contribution is 2.54. The van der Waals surface area contributed by atoms with E-state index >= 15 is 0 Å². The van der Waals surface area contributed by atoms with Gasteiger partial charge in [0, 0.05) is 16.5 Å². The number of halogens is 3. The first-order valence-electron chi connectivity index (χ1n) is 13.0. The number of imide groups is 1. The number of thiazole rings is 1. The Morgan fingerprint density at radius 2 is 1.67 bits per heavy atom. The number of anilines is 2. The SMILES string of the molecule is COc1ccc(NC(=O)Cn2c3c(sc2=O)[C@H](c2ccccc2)C2C(=O)N(c4cccc(C(F)(F)F)c4)C(=O)C2S3)cc1. The molecule has 0 spiro atoms. The number of hydrogen-bond donors (Lipinski definition) is 1. The van der Waals surface area contributed by atoms with Gasteiger partial charge in [-0.2, -0.15) is 13.2 Å². The van der Waals surface area contributed by atoms with Crippen molar-refractivity contribution < 1.29 is 32.3 Å². The number of benzene rings is 3. The molecule has 2 unspecified atom stereocenters. The number of ether oxygens (including phenoxy) is 1. The molecule has 1 fully saturated rings. The van der Waals surface area contributed by atoms with E-state index in [4.69, 9.17) is 4.74 Å².